The number of fused-ring (bicyclic) bond motifs is 3. The zero-order chi connectivity index (χ0) is 20.6. The summed E-state index contributed by atoms with van der Waals surface area (Å²) in [5.74, 6) is -5.08. The molecule has 0 aliphatic heterocycles. The molecule has 3 aliphatic rings. The molecular formula is C26H18O4. The average molecular weight is 394 g/mol. The molecule has 7 rings (SSSR count). The Bertz CT molecular complexity index is 1280. The number of aliphatic carboxylic acids is 2. The van der Waals surface area contributed by atoms with Crippen molar-refractivity contribution in [2.75, 3.05) is 0 Å². The van der Waals surface area contributed by atoms with Crippen LogP contribution in [0.1, 0.15) is 34.1 Å². The van der Waals surface area contributed by atoms with Crippen molar-refractivity contribution in [3.05, 3.63) is 95.1 Å². The first kappa shape index (κ1) is 17.2. The molecule has 0 aromatic heterocycles. The van der Waals surface area contributed by atoms with E-state index in [2.05, 4.69) is 0 Å². The Morgan fingerprint density at radius 2 is 0.967 bits per heavy atom. The lowest BCUT2D eigenvalue weighted by Crippen LogP contribution is -2.47. The van der Waals surface area contributed by atoms with Crippen molar-refractivity contribution in [3.8, 4) is 0 Å². The Labute approximate surface area is 172 Å². The highest BCUT2D eigenvalue weighted by atomic mass is 16.4. The number of carbonyl (C=O) groups is 2. The first-order chi connectivity index (χ1) is 14.6. The van der Waals surface area contributed by atoms with E-state index in [0.29, 0.717) is 0 Å². The van der Waals surface area contributed by atoms with Gasteiger partial charge in [0.15, 0.2) is 0 Å². The SMILES string of the molecule is O=C(O)[C@@H]1[C@H]2c3ccc4ccccc4c3[C@@H](c3ccc4ccccc4c32)[C@@H]1C(=O)O. The van der Waals surface area contributed by atoms with Gasteiger partial charge in [0, 0.05) is 11.8 Å². The Hall–Kier alpha value is -3.66. The van der Waals surface area contributed by atoms with E-state index < -0.39 is 35.6 Å². The molecule has 0 unspecified atom stereocenters. The zero-order valence-corrected chi connectivity index (χ0v) is 15.9. The molecule has 3 aliphatic carbocycles. The lowest BCUT2D eigenvalue weighted by molar-refractivity contribution is -0.156. The van der Waals surface area contributed by atoms with Crippen LogP contribution in [0.4, 0.5) is 0 Å². The Balaban J connectivity index is 1.79. The van der Waals surface area contributed by atoms with Gasteiger partial charge in [-0.2, -0.15) is 0 Å². The summed E-state index contributed by atoms with van der Waals surface area (Å²) in [6, 6.07) is 24.0. The van der Waals surface area contributed by atoms with Crippen LogP contribution in [-0.2, 0) is 9.59 Å². The van der Waals surface area contributed by atoms with E-state index >= 15 is 0 Å². The van der Waals surface area contributed by atoms with Gasteiger partial charge in [-0.3, -0.25) is 9.59 Å². The smallest absolute Gasteiger partial charge is 0.308 e. The van der Waals surface area contributed by atoms with Gasteiger partial charge >= 0.3 is 11.9 Å². The van der Waals surface area contributed by atoms with Crippen LogP contribution in [0.2, 0.25) is 0 Å². The minimum atomic E-state index is -1.05. The number of hydrogen-bond donors (Lipinski definition) is 2. The van der Waals surface area contributed by atoms with Crippen LogP contribution in [0.3, 0.4) is 0 Å². The number of rotatable bonds is 2. The van der Waals surface area contributed by atoms with Crippen LogP contribution in [0.15, 0.2) is 72.8 Å². The third-order valence-electron chi connectivity index (χ3n) is 6.98. The van der Waals surface area contributed by atoms with Gasteiger partial charge in [-0.25, -0.2) is 0 Å². The molecule has 4 nitrogen and oxygen atoms in total. The molecule has 0 heterocycles. The van der Waals surface area contributed by atoms with Crippen LogP contribution in [-0.4, -0.2) is 22.2 Å². The molecule has 30 heavy (non-hydrogen) atoms. The molecule has 4 aromatic rings. The largest absolute Gasteiger partial charge is 0.481 e. The maximum absolute atomic E-state index is 12.4. The summed E-state index contributed by atoms with van der Waals surface area (Å²) < 4.78 is 0. The summed E-state index contributed by atoms with van der Waals surface area (Å²) in [5.41, 5.74) is 3.86. The van der Waals surface area contributed by atoms with Gasteiger partial charge in [0.2, 0.25) is 0 Å². The Kier molecular flexibility index (Phi) is 3.40. The second kappa shape index (κ2) is 5.92. The highest BCUT2D eigenvalue weighted by Crippen LogP contribution is 2.61. The predicted octanol–water partition coefficient (Wildman–Crippen LogP) is 4.99. The lowest BCUT2D eigenvalue weighted by Gasteiger charge is -2.48. The molecule has 4 aromatic carbocycles. The van der Waals surface area contributed by atoms with Crippen molar-refractivity contribution in [1.82, 2.24) is 0 Å². The highest BCUT2D eigenvalue weighted by molar-refractivity contribution is 5.97. The second-order valence-electron chi connectivity index (χ2n) is 8.26. The summed E-state index contributed by atoms with van der Waals surface area (Å²) in [6.45, 7) is 0. The monoisotopic (exact) mass is 394 g/mol. The van der Waals surface area contributed by atoms with Crippen LogP contribution >= 0.6 is 0 Å². The van der Waals surface area contributed by atoms with E-state index in [1.165, 1.54) is 0 Å². The Morgan fingerprint density at radius 3 is 1.37 bits per heavy atom. The third-order valence-corrected chi connectivity index (χ3v) is 6.98. The molecule has 0 amide bonds. The van der Waals surface area contributed by atoms with Gasteiger partial charge in [0.05, 0.1) is 11.8 Å². The molecule has 0 spiro atoms. The van der Waals surface area contributed by atoms with Crippen LogP contribution in [0.5, 0.6) is 0 Å². The molecule has 0 fully saturated rings. The quantitative estimate of drug-likeness (QED) is 0.503. The molecule has 146 valence electrons. The Morgan fingerprint density at radius 1 is 0.567 bits per heavy atom. The second-order valence-corrected chi connectivity index (χ2v) is 8.26. The summed E-state index contributed by atoms with van der Waals surface area (Å²) in [5, 5.41) is 24.4. The number of carboxylic acids is 2. The predicted molar refractivity (Wildman–Crippen MR) is 114 cm³/mol. The first-order valence-corrected chi connectivity index (χ1v) is 10.1. The van der Waals surface area contributed by atoms with Crippen molar-refractivity contribution in [2.45, 2.75) is 11.8 Å². The van der Waals surface area contributed by atoms with E-state index in [4.69, 9.17) is 0 Å². The third kappa shape index (κ3) is 2.05. The van der Waals surface area contributed by atoms with Gasteiger partial charge in [-0.05, 0) is 43.8 Å². The van der Waals surface area contributed by atoms with E-state index in [1.54, 1.807) is 0 Å². The van der Waals surface area contributed by atoms with Gasteiger partial charge in [0.25, 0.3) is 0 Å². The van der Waals surface area contributed by atoms with Crippen LogP contribution in [0.25, 0.3) is 21.5 Å². The molecule has 0 saturated heterocycles. The summed E-state index contributed by atoms with van der Waals surface area (Å²) in [6.07, 6.45) is 0. The zero-order valence-electron chi connectivity index (χ0n) is 15.9. The van der Waals surface area contributed by atoms with Crippen LogP contribution in [0, 0.1) is 11.8 Å². The van der Waals surface area contributed by atoms with E-state index in [-0.39, 0.29) is 0 Å². The van der Waals surface area contributed by atoms with Gasteiger partial charge < -0.3 is 10.2 Å². The average Bonchev–Trinajstić information content (AvgIpc) is 2.77. The van der Waals surface area contributed by atoms with Crippen molar-refractivity contribution >= 4 is 33.5 Å². The van der Waals surface area contributed by atoms with Crippen LogP contribution < -0.4 is 0 Å². The minimum absolute atomic E-state index is 0.491. The van der Waals surface area contributed by atoms with Crippen molar-refractivity contribution in [3.63, 3.8) is 0 Å². The highest BCUT2D eigenvalue weighted by Gasteiger charge is 2.56. The van der Waals surface area contributed by atoms with Gasteiger partial charge in [-0.15, -0.1) is 0 Å². The molecule has 4 heteroatoms. The topological polar surface area (TPSA) is 74.6 Å². The summed E-state index contributed by atoms with van der Waals surface area (Å²) >= 11 is 0. The number of carboxylic acid groups (broad SMARTS) is 2. The number of hydrogen-bond acceptors (Lipinski definition) is 2. The molecule has 4 atom stereocenters. The molecular weight excluding hydrogens is 376 g/mol. The fraction of sp³-hybridized carbons (Fsp3) is 0.154. The molecule has 0 saturated carbocycles. The van der Waals surface area contributed by atoms with Crippen molar-refractivity contribution < 1.29 is 19.8 Å². The summed E-state index contributed by atoms with van der Waals surface area (Å²) in [7, 11) is 0. The molecule has 2 N–H and O–H groups in total. The summed E-state index contributed by atoms with van der Waals surface area (Å²) in [4.78, 5) is 24.8. The number of benzene rings is 4. The maximum atomic E-state index is 12.4. The van der Waals surface area contributed by atoms with Gasteiger partial charge in [-0.1, -0.05) is 72.8 Å². The normalized spacial score (nSPS) is 23.9. The molecule has 0 radical (unpaired) electrons. The fourth-order valence-electron chi connectivity index (χ4n) is 5.93. The van der Waals surface area contributed by atoms with Crippen molar-refractivity contribution in [2.24, 2.45) is 11.8 Å². The fourth-order valence-corrected chi connectivity index (χ4v) is 5.93. The van der Waals surface area contributed by atoms with Gasteiger partial charge in [0.1, 0.15) is 0 Å². The van der Waals surface area contributed by atoms with Crippen molar-refractivity contribution in [1.29, 1.82) is 0 Å². The van der Waals surface area contributed by atoms with E-state index in [0.717, 1.165) is 43.8 Å². The van der Waals surface area contributed by atoms with E-state index in [9.17, 15) is 19.8 Å². The maximum Gasteiger partial charge on any atom is 0.308 e. The molecule has 2 bridgehead atoms. The minimum Gasteiger partial charge on any atom is -0.481 e. The first-order valence-electron chi connectivity index (χ1n) is 10.1. The van der Waals surface area contributed by atoms with E-state index in [1.807, 2.05) is 72.8 Å². The lowest BCUT2D eigenvalue weighted by atomic mass is 9.53. The standard InChI is InChI=1S/C26H18O4/c27-25(28)23-21-18-12-10-14-6-2-4-8-16(14)20(18)22(24(23)26(29)30)17-11-9-13-5-1-3-7-15(13)19(17)21/h1-12,21-24H,(H,27,28)(H,29,30)/t21-,22+,23+,24-.